The Labute approximate surface area is 397 Å². The van der Waals surface area contributed by atoms with E-state index in [-0.39, 0.29) is 47.6 Å². The molecule has 4 aliphatic rings. The molecule has 4 N–H and O–H groups in total. The lowest BCUT2D eigenvalue weighted by Crippen LogP contribution is -2.51. The number of carbonyl (C=O) groups excluding carboxylic acids is 4. The minimum absolute atomic E-state index is 0.0299. The fourth-order valence-electron chi connectivity index (χ4n) is 10.7. The molecular weight excluding hydrogens is 857 g/mol. The maximum atomic E-state index is 14.8. The minimum atomic E-state index is -0.790. The van der Waals surface area contributed by atoms with Gasteiger partial charge in [-0.2, -0.15) is 0 Å². The van der Waals surface area contributed by atoms with Crippen molar-refractivity contribution < 1.29 is 28.7 Å². The first-order chi connectivity index (χ1) is 33.1. The number of nitrogens with zero attached hydrogens (tertiary/aromatic N) is 4. The summed E-state index contributed by atoms with van der Waals surface area (Å²) in [6.45, 7) is 6.27. The molecule has 10 rings (SSSR count). The van der Waals surface area contributed by atoms with Crippen LogP contribution in [0.15, 0.2) is 91.1 Å². The normalized spacial score (nSPS) is 20.6. The molecule has 2 aliphatic carbocycles. The average molecular weight is 919 g/mol. The lowest BCUT2D eigenvalue weighted by atomic mass is 9.99. The van der Waals surface area contributed by atoms with Crippen molar-refractivity contribution in [3.05, 3.63) is 108 Å². The number of hydrogen-bond acceptors (Lipinski definition) is 8. The van der Waals surface area contributed by atoms with E-state index in [1.807, 2.05) is 60.2 Å². The van der Waals surface area contributed by atoms with Gasteiger partial charge >= 0.3 is 6.09 Å². The van der Waals surface area contributed by atoms with Gasteiger partial charge in [-0.05, 0) is 96.6 Å². The molecule has 0 unspecified atom stereocenters. The standard InChI is InChI=1S/C54H62N8O6/c1-32(2)46(60-54(66)67-3)52(64)61-25-9-14-44(61)49-55-28-43(57-49)36-17-15-35(16-18-36)39-21-23-41-40(27-39)22-24-42-48(41)58-50(56-42)45-26-34(31-68-30-33-10-7-8-11-33)29-62(45)53(65)47(37-12-5-4-6-13-37)59-51(63)38-19-20-38/h4-6,12-13,15-18,21-24,27-28,32-34,38,44-47H,7-11,14,19-20,25-26,29-31H2,1-3H3,(H,55,57)(H,56,58)(H,59,63)(H,60,66)/t34-,44-,45-,46-,47+/m0/s1. The Morgan fingerprint density at radius 1 is 0.750 bits per heavy atom. The van der Waals surface area contributed by atoms with E-state index in [1.165, 1.54) is 32.8 Å². The SMILES string of the molecule is COC(=O)N[C@H](C(=O)N1CCC[C@H]1c1ncc(-c2ccc(-c3ccc4c(ccc5[nH]c([C@@H]6C[C@H](COCC7CCCC7)CN6C(=O)[C@H](NC(=O)C6CC6)c6ccccc6)nc54)c3)cc2)[nH]1)C(C)C. The van der Waals surface area contributed by atoms with E-state index in [4.69, 9.17) is 19.4 Å². The number of methoxy groups -OCH3 is 1. The molecule has 2 saturated carbocycles. The molecule has 4 aromatic carbocycles. The van der Waals surface area contributed by atoms with E-state index in [2.05, 4.69) is 75.2 Å². The number of benzene rings is 4. The number of fused-ring (bicyclic) bond motifs is 3. The zero-order chi connectivity index (χ0) is 46.9. The number of amides is 4. The molecule has 0 spiro atoms. The first-order valence-corrected chi connectivity index (χ1v) is 24.6. The Kier molecular flexibility index (Phi) is 13.0. The van der Waals surface area contributed by atoms with Gasteiger partial charge in [0.05, 0.1) is 48.7 Å². The number of rotatable bonds is 15. The summed E-state index contributed by atoms with van der Waals surface area (Å²) in [6.07, 6.45) is 10.2. The number of H-pyrrole nitrogens is 2. The van der Waals surface area contributed by atoms with Crippen LogP contribution in [0.25, 0.3) is 44.2 Å². The van der Waals surface area contributed by atoms with Gasteiger partial charge in [-0.1, -0.05) is 99.5 Å². The van der Waals surface area contributed by atoms with Crippen LogP contribution in [-0.4, -0.2) is 93.0 Å². The van der Waals surface area contributed by atoms with Crippen molar-refractivity contribution in [1.82, 2.24) is 40.4 Å². The van der Waals surface area contributed by atoms with E-state index in [1.54, 1.807) is 0 Å². The number of imidazole rings is 2. The number of ether oxygens (including phenoxy) is 2. The van der Waals surface area contributed by atoms with Crippen LogP contribution in [0.2, 0.25) is 0 Å². The van der Waals surface area contributed by atoms with Crippen LogP contribution < -0.4 is 10.6 Å². The third kappa shape index (κ3) is 9.47. The summed E-state index contributed by atoms with van der Waals surface area (Å²) in [4.78, 5) is 74.5. The summed E-state index contributed by atoms with van der Waals surface area (Å²) in [5.41, 5.74) is 6.50. The zero-order valence-corrected chi connectivity index (χ0v) is 39.2. The molecule has 5 atom stereocenters. The number of likely N-dealkylation sites (tertiary alicyclic amines) is 2. The number of alkyl carbamates (subject to hydrolysis) is 1. The molecule has 0 radical (unpaired) electrons. The molecule has 14 nitrogen and oxygen atoms in total. The highest BCUT2D eigenvalue weighted by Gasteiger charge is 2.43. The Bertz CT molecular complexity index is 2780. The minimum Gasteiger partial charge on any atom is -0.453 e. The number of aromatic amines is 2. The highest BCUT2D eigenvalue weighted by atomic mass is 16.5. The van der Waals surface area contributed by atoms with E-state index in [0.717, 1.165) is 93.7 Å². The Morgan fingerprint density at radius 3 is 2.25 bits per heavy atom. The molecular formula is C54H62N8O6. The fraction of sp³-hybridized carbons (Fsp3) is 0.444. The van der Waals surface area contributed by atoms with Crippen molar-refractivity contribution in [2.75, 3.05) is 33.4 Å². The van der Waals surface area contributed by atoms with Crippen molar-refractivity contribution in [3.63, 3.8) is 0 Å². The molecule has 4 amide bonds. The summed E-state index contributed by atoms with van der Waals surface area (Å²) in [5, 5.41) is 7.91. The quantitative estimate of drug-likeness (QED) is 0.0789. The summed E-state index contributed by atoms with van der Waals surface area (Å²) >= 11 is 0. The first kappa shape index (κ1) is 45.3. The van der Waals surface area contributed by atoms with Crippen LogP contribution in [0.1, 0.15) is 107 Å². The highest BCUT2D eigenvalue weighted by molar-refractivity contribution is 6.05. The van der Waals surface area contributed by atoms with Gasteiger partial charge in [-0.25, -0.2) is 14.8 Å². The maximum Gasteiger partial charge on any atom is 0.407 e. The van der Waals surface area contributed by atoms with Gasteiger partial charge in [-0.3, -0.25) is 14.4 Å². The third-order valence-corrected chi connectivity index (χ3v) is 14.6. The topological polar surface area (TPSA) is 175 Å². The van der Waals surface area contributed by atoms with Gasteiger partial charge < -0.3 is 39.9 Å². The van der Waals surface area contributed by atoms with Crippen LogP contribution in [0.5, 0.6) is 0 Å². The molecule has 2 aromatic heterocycles. The maximum absolute atomic E-state index is 14.8. The van der Waals surface area contributed by atoms with Crippen molar-refractivity contribution in [3.8, 4) is 22.4 Å². The van der Waals surface area contributed by atoms with Gasteiger partial charge in [0, 0.05) is 36.9 Å². The highest BCUT2D eigenvalue weighted by Crippen LogP contribution is 2.40. The van der Waals surface area contributed by atoms with Crippen molar-refractivity contribution in [2.24, 2.45) is 23.7 Å². The molecule has 2 saturated heterocycles. The number of aromatic nitrogens is 4. The largest absolute Gasteiger partial charge is 0.453 e. The lowest BCUT2D eigenvalue weighted by molar-refractivity contribution is -0.138. The van der Waals surface area contributed by atoms with Gasteiger partial charge in [0.2, 0.25) is 17.7 Å². The second kappa shape index (κ2) is 19.6. The summed E-state index contributed by atoms with van der Waals surface area (Å²) in [7, 11) is 1.30. The van der Waals surface area contributed by atoms with Crippen LogP contribution in [0, 0.1) is 23.7 Å². The smallest absolute Gasteiger partial charge is 0.407 e. The molecule has 4 heterocycles. The van der Waals surface area contributed by atoms with E-state index >= 15 is 0 Å². The monoisotopic (exact) mass is 918 g/mol. The van der Waals surface area contributed by atoms with E-state index in [0.29, 0.717) is 32.0 Å². The molecule has 4 fully saturated rings. The van der Waals surface area contributed by atoms with Crippen molar-refractivity contribution in [2.45, 2.75) is 95.8 Å². The first-order valence-electron chi connectivity index (χ1n) is 24.6. The van der Waals surface area contributed by atoms with Crippen LogP contribution >= 0.6 is 0 Å². The average Bonchev–Trinajstić information content (AvgIpc) is 3.95. The van der Waals surface area contributed by atoms with Gasteiger partial charge in [0.1, 0.15) is 23.7 Å². The van der Waals surface area contributed by atoms with Gasteiger partial charge in [-0.15, -0.1) is 0 Å². The van der Waals surface area contributed by atoms with Crippen LogP contribution in [0.3, 0.4) is 0 Å². The van der Waals surface area contributed by atoms with Gasteiger partial charge in [0.25, 0.3) is 0 Å². The molecule has 14 heteroatoms. The molecule has 354 valence electrons. The zero-order valence-electron chi connectivity index (χ0n) is 39.2. The van der Waals surface area contributed by atoms with Crippen molar-refractivity contribution in [1.29, 1.82) is 0 Å². The predicted octanol–water partition coefficient (Wildman–Crippen LogP) is 9.18. The third-order valence-electron chi connectivity index (χ3n) is 14.6. The van der Waals surface area contributed by atoms with E-state index in [9.17, 15) is 19.2 Å². The van der Waals surface area contributed by atoms with Crippen molar-refractivity contribution >= 4 is 45.6 Å². The van der Waals surface area contributed by atoms with Gasteiger partial charge in [0.15, 0.2) is 0 Å². The second-order valence-corrected chi connectivity index (χ2v) is 19.7. The fourth-order valence-corrected chi connectivity index (χ4v) is 10.7. The Morgan fingerprint density at radius 2 is 1.50 bits per heavy atom. The Hall–Kier alpha value is -6.54. The van der Waals surface area contributed by atoms with E-state index < -0.39 is 18.2 Å². The summed E-state index contributed by atoms with van der Waals surface area (Å²) in [6, 6.07) is 26.6. The summed E-state index contributed by atoms with van der Waals surface area (Å²) < 4.78 is 11.1. The molecule has 0 bridgehead atoms. The van der Waals surface area contributed by atoms with Crippen LogP contribution in [0.4, 0.5) is 4.79 Å². The second-order valence-electron chi connectivity index (χ2n) is 19.7. The summed E-state index contributed by atoms with van der Waals surface area (Å²) in [5.74, 6) is 1.74. The molecule has 2 aliphatic heterocycles. The van der Waals surface area contributed by atoms with Crippen LogP contribution in [-0.2, 0) is 23.9 Å². The molecule has 6 aromatic rings. The molecule has 68 heavy (non-hydrogen) atoms. The predicted molar refractivity (Wildman–Crippen MR) is 260 cm³/mol. The number of hydrogen-bond donors (Lipinski definition) is 4. The number of nitrogens with one attached hydrogen (secondary N) is 4. The lowest BCUT2D eigenvalue weighted by Gasteiger charge is -2.30. The number of carbonyl (C=O) groups is 4. The Balaban J connectivity index is 0.872.